The van der Waals surface area contributed by atoms with Crippen LogP contribution in [0.5, 0.6) is 23.3 Å². The number of methoxy groups -OCH3 is 4. The van der Waals surface area contributed by atoms with Gasteiger partial charge in [-0.1, -0.05) is 0 Å². The molecule has 0 fully saturated rings. The van der Waals surface area contributed by atoms with Crippen LogP contribution in [0.1, 0.15) is 46.0 Å². The minimum atomic E-state index is -4.42. The summed E-state index contributed by atoms with van der Waals surface area (Å²) in [5, 5.41) is 7.45. The number of amides is 2. The van der Waals surface area contributed by atoms with Crippen LogP contribution < -0.4 is 28.7 Å². The van der Waals surface area contributed by atoms with E-state index in [1.807, 2.05) is 0 Å². The first-order chi connectivity index (χ1) is 29.3. The van der Waals surface area contributed by atoms with Crippen LogP contribution in [0.25, 0.3) is 22.5 Å². The summed E-state index contributed by atoms with van der Waals surface area (Å²) in [6.07, 6.45) is -0.782. The number of alkyl halides is 6. The number of hydrogen-bond acceptors (Lipinski definition) is 12. The highest BCUT2D eigenvalue weighted by Gasteiger charge is 2.46. The molecule has 0 atom stereocenters. The third-order valence-corrected chi connectivity index (χ3v) is 9.77. The number of fused-ring (bicyclic) bond motifs is 2. The van der Waals surface area contributed by atoms with Gasteiger partial charge in [0.1, 0.15) is 13.1 Å². The Bertz CT molecular complexity index is 2660. The molecule has 6 aromatic rings. The molecule has 0 aromatic carbocycles. The number of carbonyl (C=O) groups is 2. The van der Waals surface area contributed by atoms with Gasteiger partial charge in [0.05, 0.1) is 98.2 Å². The predicted molar refractivity (Wildman–Crippen MR) is 208 cm³/mol. The van der Waals surface area contributed by atoms with Crippen LogP contribution in [-0.2, 0) is 25.2 Å². The molecule has 2 aliphatic rings. The summed E-state index contributed by atoms with van der Waals surface area (Å²) in [7, 11) is 5.96. The molecule has 0 saturated heterocycles. The van der Waals surface area contributed by atoms with Gasteiger partial charge in [-0.15, -0.1) is 0 Å². The lowest BCUT2D eigenvalue weighted by Crippen LogP contribution is -2.39. The van der Waals surface area contributed by atoms with Gasteiger partial charge in [0, 0.05) is 35.9 Å². The van der Waals surface area contributed by atoms with Crippen molar-refractivity contribution < 1.29 is 54.9 Å². The van der Waals surface area contributed by atoms with Crippen molar-refractivity contribution >= 4 is 23.2 Å². The molecule has 22 heteroatoms. The first-order valence-electron chi connectivity index (χ1n) is 18.4. The lowest BCUT2D eigenvalue weighted by Gasteiger charge is -2.30. The molecule has 0 bridgehead atoms. The van der Waals surface area contributed by atoms with Crippen molar-refractivity contribution in [1.82, 2.24) is 39.5 Å². The molecule has 62 heavy (non-hydrogen) atoms. The van der Waals surface area contributed by atoms with E-state index in [0.29, 0.717) is 68.3 Å². The van der Waals surface area contributed by atoms with Crippen molar-refractivity contribution in [3.63, 3.8) is 0 Å². The number of ether oxygens (including phenoxy) is 4. The number of aromatic nitrogens is 8. The van der Waals surface area contributed by atoms with Crippen molar-refractivity contribution in [2.75, 3.05) is 38.2 Å². The average Bonchev–Trinajstić information content (AvgIpc) is 4.00. The summed E-state index contributed by atoms with van der Waals surface area (Å²) in [6.45, 7) is 1.22. The highest BCUT2D eigenvalue weighted by atomic mass is 19.4. The second kappa shape index (κ2) is 16.3. The van der Waals surface area contributed by atoms with Gasteiger partial charge >= 0.3 is 12.4 Å². The van der Waals surface area contributed by atoms with Gasteiger partial charge in [-0.2, -0.15) is 36.5 Å². The maximum Gasteiger partial charge on any atom is 0.408 e. The number of pyridine rings is 4. The van der Waals surface area contributed by atoms with Gasteiger partial charge in [-0.05, 0) is 50.2 Å². The zero-order chi connectivity index (χ0) is 44.7. The number of hydrogen-bond donors (Lipinski definition) is 0. The maximum absolute atomic E-state index is 13.1. The van der Waals surface area contributed by atoms with E-state index < -0.39 is 31.0 Å². The molecule has 2 amide bonds. The minimum Gasteiger partial charge on any atom is -0.491 e. The van der Waals surface area contributed by atoms with Crippen LogP contribution >= 0.6 is 0 Å². The molecule has 0 N–H and O–H groups in total. The summed E-state index contributed by atoms with van der Waals surface area (Å²) in [6, 6.07) is 10.1. The van der Waals surface area contributed by atoms with Crippen molar-refractivity contribution in [3.05, 3.63) is 96.1 Å². The van der Waals surface area contributed by atoms with E-state index in [1.54, 1.807) is 62.6 Å². The molecule has 16 nitrogen and oxygen atoms in total. The van der Waals surface area contributed by atoms with Crippen LogP contribution in [0, 0.1) is 0 Å². The Labute approximate surface area is 348 Å². The largest absolute Gasteiger partial charge is 0.491 e. The predicted octanol–water partition coefficient (Wildman–Crippen LogP) is 6.90. The Kier molecular flexibility index (Phi) is 11.3. The van der Waals surface area contributed by atoms with E-state index in [0.717, 1.165) is 9.36 Å². The number of anilines is 2. The van der Waals surface area contributed by atoms with E-state index in [-0.39, 0.29) is 29.7 Å². The Hall–Kier alpha value is -7.26. The molecule has 0 spiro atoms. The van der Waals surface area contributed by atoms with Crippen molar-refractivity contribution in [2.24, 2.45) is 0 Å². The third-order valence-electron chi connectivity index (χ3n) is 9.77. The monoisotopic (exact) mass is 866 g/mol. The van der Waals surface area contributed by atoms with Crippen LogP contribution in [0.2, 0.25) is 0 Å². The molecule has 0 saturated carbocycles. The standard InChI is InChI=1S/C21H20F3N5O3.C19H16F3N5O3/c1-20(2)17-14(19(30)29(20)13-9-26-28(10-13)11-21(22,23)24)5-6-15(27-17)12-7-16(31-3)18(32-4)25-8-12;1-29-16-5-11(6-23-17(16)30-2)14-4-3-13-15(25-14)9-27(18(13)28)12-7-24-26(8-12)10-19(20,21)22/h5-10H,11H2,1-4H3;3-8H,9-10H2,1-2H3. The van der Waals surface area contributed by atoms with Crippen LogP contribution in [-0.4, -0.2) is 92.1 Å². The molecule has 2 aliphatic heterocycles. The second-order valence-electron chi connectivity index (χ2n) is 14.3. The van der Waals surface area contributed by atoms with Crippen molar-refractivity contribution in [2.45, 2.75) is 51.4 Å². The normalized spacial score (nSPS) is 14.3. The van der Waals surface area contributed by atoms with Gasteiger partial charge < -0.3 is 18.9 Å². The summed E-state index contributed by atoms with van der Waals surface area (Å²) < 4.78 is 98.1. The zero-order valence-corrected chi connectivity index (χ0v) is 33.7. The summed E-state index contributed by atoms with van der Waals surface area (Å²) in [4.78, 5) is 46.2. The minimum absolute atomic E-state index is 0.125. The quantitative estimate of drug-likeness (QED) is 0.131. The highest BCUT2D eigenvalue weighted by Crippen LogP contribution is 2.42. The van der Waals surface area contributed by atoms with Crippen LogP contribution in [0.15, 0.2) is 73.6 Å². The highest BCUT2D eigenvalue weighted by molar-refractivity contribution is 6.11. The SMILES string of the molecule is COc1cc(-c2ccc3c(n2)C(C)(C)N(c2cnn(CC(F)(F)F)c2)C3=O)cnc1OC.COc1cc(-c2ccc3c(n2)CN(c2cnn(CC(F)(F)F)c2)C3=O)cnc1OC. The lowest BCUT2D eigenvalue weighted by molar-refractivity contribution is -0.143. The van der Waals surface area contributed by atoms with Crippen molar-refractivity contribution in [1.29, 1.82) is 0 Å². The average molecular weight is 867 g/mol. The molecule has 8 rings (SSSR count). The molecule has 0 aliphatic carbocycles. The Morgan fingerprint density at radius 2 is 1.15 bits per heavy atom. The van der Waals surface area contributed by atoms with Gasteiger partial charge in [0.2, 0.25) is 0 Å². The first-order valence-corrected chi connectivity index (χ1v) is 18.4. The van der Waals surface area contributed by atoms with Crippen LogP contribution in [0.3, 0.4) is 0 Å². The molecule has 8 heterocycles. The Morgan fingerprint density at radius 3 is 1.66 bits per heavy atom. The Balaban J connectivity index is 0.000000187. The number of rotatable bonds is 10. The van der Waals surface area contributed by atoms with Gasteiger partial charge in [-0.25, -0.2) is 15.0 Å². The topological polar surface area (TPSA) is 165 Å². The van der Waals surface area contributed by atoms with E-state index in [1.165, 1.54) is 63.0 Å². The van der Waals surface area contributed by atoms with E-state index in [4.69, 9.17) is 23.9 Å². The first kappa shape index (κ1) is 42.8. The Morgan fingerprint density at radius 1 is 0.645 bits per heavy atom. The molecule has 324 valence electrons. The second-order valence-corrected chi connectivity index (χ2v) is 14.3. The molecular formula is C40H36F6N10O6. The molecule has 6 aromatic heterocycles. The van der Waals surface area contributed by atoms with E-state index in [2.05, 4.69) is 25.1 Å². The summed E-state index contributed by atoms with van der Waals surface area (Å²) in [5.41, 5.74) is 3.84. The lowest BCUT2D eigenvalue weighted by atomic mass is 9.98. The summed E-state index contributed by atoms with van der Waals surface area (Å²) in [5.74, 6) is 0.824. The van der Waals surface area contributed by atoms with Gasteiger partial charge in [0.25, 0.3) is 23.6 Å². The molecule has 0 radical (unpaired) electrons. The van der Waals surface area contributed by atoms with Crippen LogP contribution in [0.4, 0.5) is 37.7 Å². The fourth-order valence-corrected chi connectivity index (χ4v) is 6.98. The fourth-order valence-electron chi connectivity index (χ4n) is 6.98. The van der Waals surface area contributed by atoms with E-state index in [9.17, 15) is 35.9 Å². The van der Waals surface area contributed by atoms with E-state index >= 15 is 0 Å². The van der Waals surface area contributed by atoms with Gasteiger partial charge in [-0.3, -0.25) is 33.7 Å². The smallest absolute Gasteiger partial charge is 0.408 e. The molecular weight excluding hydrogens is 830 g/mol. The molecule has 0 unspecified atom stereocenters. The number of nitrogens with zero attached hydrogens (tertiary/aromatic N) is 10. The zero-order valence-electron chi connectivity index (χ0n) is 33.7. The maximum atomic E-state index is 13.1. The van der Waals surface area contributed by atoms with Gasteiger partial charge in [0.15, 0.2) is 11.5 Å². The number of halogens is 6. The van der Waals surface area contributed by atoms with Crippen molar-refractivity contribution in [3.8, 4) is 45.8 Å². The number of carbonyl (C=O) groups excluding carboxylic acids is 2. The fraction of sp³-hybridized carbons (Fsp3) is 0.300. The third kappa shape index (κ3) is 8.52. The summed E-state index contributed by atoms with van der Waals surface area (Å²) >= 11 is 0.